The van der Waals surface area contributed by atoms with Gasteiger partial charge in [-0.15, -0.1) is 13.2 Å². The molecule has 0 unspecified atom stereocenters. The van der Waals surface area contributed by atoms with Gasteiger partial charge in [-0.05, 0) is 18.2 Å². The van der Waals surface area contributed by atoms with E-state index < -0.39 is 24.1 Å². The Labute approximate surface area is 113 Å². The van der Waals surface area contributed by atoms with Crippen LogP contribution < -0.4 is 15.0 Å². The second-order valence-corrected chi connectivity index (χ2v) is 4.46. The number of carbonyl (C=O) groups is 2. The van der Waals surface area contributed by atoms with Crippen molar-refractivity contribution in [2.45, 2.75) is 6.36 Å². The Hall–Kier alpha value is -1.77. The Kier molecular flexibility index (Phi) is 3.40. The molecule has 0 bridgehead atoms. The first-order valence-corrected chi connectivity index (χ1v) is 5.73. The van der Waals surface area contributed by atoms with Crippen LogP contribution in [0.15, 0.2) is 22.7 Å². The highest BCUT2D eigenvalue weighted by Crippen LogP contribution is 2.36. The van der Waals surface area contributed by atoms with Crippen LogP contribution in [0.5, 0.6) is 5.75 Å². The first-order valence-electron chi connectivity index (χ1n) is 4.94. The molecule has 0 aliphatic carbocycles. The summed E-state index contributed by atoms with van der Waals surface area (Å²) in [6.07, 6.45) is -4.92. The van der Waals surface area contributed by atoms with Crippen LogP contribution in [0.1, 0.15) is 0 Å². The standard InChI is InChI=1S/C10H6BrF3N2O3/c11-5-1-2-6(7(3-5)19-10(12,13)14)16-8(17)4-15-9(16)18/h1-3H,4H2,(H,15,18). The molecule has 1 aromatic rings. The van der Waals surface area contributed by atoms with E-state index in [4.69, 9.17) is 0 Å². The lowest BCUT2D eigenvalue weighted by molar-refractivity contribution is -0.274. The van der Waals surface area contributed by atoms with Gasteiger partial charge in [-0.3, -0.25) is 4.79 Å². The molecule has 19 heavy (non-hydrogen) atoms. The minimum absolute atomic E-state index is 0.263. The molecule has 5 nitrogen and oxygen atoms in total. The van der Waals surface area contributed by atoms with Gasteiger partial charge in [0, 0.05) is 4.47 Å². The van der Waals surface area contributed by atoms with Crippen molar-refractivity contribution in [2.24, 2.45) is 0 Å². The maximum atomic E-state index is 12.3. The zero-order valence-electron chi connectivity index (χ0n) is 9.12. The molecular weight excluding hydrogens is 333 g/mol. The molecule has 1 aliphatic rings. The highest BCUT2D eigenvalue weighted by Gasteiger charge is 2.36. The molecule has 0 spiro atoms. The zero-order chi connectivity index (χ0) is 14.2. The third-order valence-corrected chi connectivity index (χ3v) is 2.73. The van der Waals surface area contributed by atoms with Gasteiger partial charge in [0.2, 0.25) is 0 Å². The third kappa shape index (κ3) is 2.98. The van der Waals surface area contributed by atoms with E-state index in [1.54, 1.807) is 0 Å². The normalized spacial score (nSPS) is 15.7. The summed E-state index contributed by atoms with van der Waals surface area (Å²) >= 11 is 2.99. The Morgan fingerprint density at radius 3 is 2.53 bits per heavy atom. The van der Waals surface area contributed by atoms with Gasteiger partial charge in [-0.2, -0.15) is 0 Å². The zero-order valence-corrected chi connectivity index (χ0v) is 10.7. The Morgan fingerprint density at radius 1 is 1.32 bits per heavy atom. The SMILES string of the molecule is O=C1CNC(=O)N1c1ccc(Br)cc1OC(F)(F)F. The fraction of sp³-hybridized carbons (Fsp3) is 0.200. The fourth-order valence-corrected chi connectivity index (χ4v) is 1.89. The van der Waals surface area contributed by atoms with Gasteiger partial charge < -0.3 is 10.1 Å². The summed E-state index contributed by atoms with van der Waals surface area (Å²) in [5.41, 5.74) is -0.263. The number of nitrogens with one attached hydrogen (secondary N) is 1. The van der Waals surface area contributed by atoms with Crippen LogP contribution in [0.4, 0.5) is 23.7 Å². The van der Waals surface area contributed by atoms with E-state index in [0.717, 1.165) is 6.07 Å². The molecular formula is C10H6BrF3N2O3. The van der Waals surface area contributed by atoms with Crippen LogP contribution in [0.3, 0.4) is 0 Å². The van der Waals surface area contributed by atoms with Crippen molar-refractivity contribution >= 4 is 33.6 Å². The molecule has 0 saturated carbocycles. The number of amides is 3. The van der Waals surface area contributed by atoms with Gasteiger partial charge in [0.1, 0.15) is 0 Å². The molecule has 0 radical (unpaired) electrons. The maximum absolute atomic E-state index is 12.3. The fourth-order valence-electron chi connectivity index (χ4n) is 1.55. The van der Waals surface area contributed by atoms with Crippen LogP contribution >= 0.6 is 15.9 Å². The summed E-state index contributed by atoms with van der Waals surface area (Å²) in [7, 11) is 0. The van der Waals surface area contributed by atoms with E-state index in [0.29, 0.717) is 9.37 Å². The van der Waals surface area contributed by atoms with Crippen LogP contribution in [-0.4, -0.2) is 24.8 Å². The number of benzene rings is 1. The maximum Gasteiger partial charge on any atom is 0.573 e. The van der Waals surface area contributed by atoms with Crippen molar-refractivity contribution in [3.63, 3.8) is 0 Å². The number of urea groups is 1. The largest absolute Gasteiger partial charge is 0.573 e. The van der Waals surface area contributed by atoms with Gasteiger partial charge in [0.25, 0.3) is 5.91 Å². The number of imide groups is 1. The number of rotatable bonds is 2. The molecule has 1 saturated heterocycles. The molecule has 102 valence electrons. The topological polar surface area (TPSA) is 58.6 Å². The number of ether oxygens (including phenoxy) is 1. The lowest BCUT2D eigenvalue weighted by atomic mass is 10.2. The van der Waals surface area contributed by atoms with Crippen molar-refractivity contribution in [3.8, 4) is 5.75 Å². The van der Waals surface area contributed by atoms with Gasteiger partial charge >= 0.3 is 12.4 Å². The summed E-state index contributed by atoms with van der Waals surface area (Å²) in [5.74, 6) is -1.29. The van der Waals surface area contributed by atoms with Crippen LogP contribution in [-0.2, 0) is 4.79 Å². The van der Waals surface area contributed by atoms with E-state index in [1.807, 2.05) is 0 Å². The van der Waals surface area contributed by atoms with Crippen molar-refractivity contribution in [1.82, 2.24) is 5.32 Å². The second kappa shape index (κ2) is 4.72. The van der Waals surface area contributed by atoms with Crippen LogP contribution in [0, 0.1) is 0 Å². The van der Waals surface area contributed by atoms with Gasteiger partial charge in [-0.1, -0.05) is 15.9 Å². The van der Waals surface area contributed by atoms with E-state index in [9.17, 15) is 22.8 Å². The van der Waals surface area contributed by atoms with Crippen molar-refractivity contribution in [2.75, 3.05) is 11.4 Å². The summed E-state index contributed by atoms with van der Waals surface area (Å²) in [6, 6.07) is 2.83. The van der Waals surface area contributed by atoms with Crippen molar-refractivity contribution in [1.29, 1.82) is 0 Å². The number of nitrogens with zero attached hydrogens (tertiary/aromatic N) is 1. The number of anilines is 1. The average Bonchev–Trinajstić information content (AvgIpc) is 2.58. The first-order chi connectivity index (χ1) is 8.78. The second-order valence-electron chi connectivity index (χ2n) is 3.55. The van der Waals surface area contributed by atoms with Crippen molar-refractivity contribution in [3.05, 3.63) is 22.7 Å². The molecule has 1 N–H and O–H groups in total. The molecule has 1 fully saturated rings. The molecule has 0 atom stereocenters. The predicted molar refractivity (Wildman–Crippen MR) is 61.7 cm³/mol. The summed E-state index contributed by atoms with van der Waals surface area (Å²) in [5, 5.41) is 2.21. The van der Waals surface area contributed by atoms with Crippen LogP contribution in [0.25, 0.3) is 0 Å². The monoisotopic (exact) mass is 338 g/mol. The van der Waals surface area contributed by atoms with Gasteiger partial charge in [-0.25, -0.2) is 9.69 Å². The molecule has 1 aromatic carbocycles. The third-order valence-electron chi connectivity index (χ3n) is 2.23. The van der Waals surface area contributed by atoms with Crippen molar-refractivity contribution < 1.29 is 27.5 Å². The summed E-state index contributed by atoms with van der Waals surface area (Å²) in [4.78, 5) is 23.5. The number of carbonyl (C=O) groups excluding carboxylic acids is 2. The molecule has 1 heterocycles. The number of hydrogen-bond acceptors (Lipinski definition) is 3. The minimum Gasteiger partial charge on any atom is -0.403 e. The smallest absolute Gasteiger partial charge is 0.403 e. The number of hydrogen-bond donors (Lipinski definition) is 1. The lowest BCUT2D eigenvalue weighted by Gasteiger charge is -2.18. The Morgan fingerprint density at radius 2 is 2.00 bits per heavy atom. The van der Waals surface area contributed by atoms with Crippen LogP contribution in [0.2, 0.25) is 0 Å². The molecule has 1 aliphatic heterocycles. The van der Waals surface area contributed by atoms with E-state index in [2.05, 4.69) is 26.0 Å². The highest BCUT2D eigenvalue weighted by atomic mass is 79.9. The molecule has 9 heteroatoms. The quantitative estimate of drug-likeness (QED) is 0.842. The molecule has 2 rings (SSSR count). The Bertz CT molecular complexity index is 531. The summed E-state index contributed by atoms with van der Waals surface area (Å²) < 4.78 is 41.0. The van der Waals surface area contributed by atoms with E-state index in [-0.39, 0.29) is 12.2 Å². The van der Waals surface area contributed by atoms with E-state index in [1.165, 1.54) is 12.1 Å². The number of halogens is 4. The predicted octanol–water partition coefficient (Wildman–Crippen LogP) is 2.40. The summed E-state index contributed by atoms with van der Waals surface area (Å²) in [6.45, 7) is -0.264. The highest BCUT2D eigenvalue weighted by molar-refractivity contribution is 9.10. The molecule has 0 aromatic heterocycles. The lowest BCUT2D eigenvalue weighted by Crippen LogP contribution is -2.31. The van der Waals surface area contributed by atoms with Gasteiger partial charge in [0.15, 0.2) is 5.75 Å². The average molecular weight is 339 g/mol. The Balaban J connectivity index is 2.45. The van der Waals surface area contributed by atoms with Gasteiger partial charge in [0.05, 0.1) is 12.2 Å². The first kappa shape index (κ1) is 13.7. The van der Waals surface area contributed by atoms with E-state index >= 15 is 0 Å². The molecule has 3 amide bonds. The minimum atomic E-state index is -4.92. The number of alkyl halides is 3.